The number of aromatic nitrogens is 2. The predicted molar refractivity (Wildman–Crippen MR) is 108 cm³/mol. The van der Waals surface area contributed by atoms with E-state index in [1.165, 1.54) is 17.2 Å². The molecule has 3 atom stereocenters. The molecule has 1 saturated carbocycles. The van der Waals surface area contributed by atoms with Crippen LogP contribution in [0.15, 0.2) is 41.2 Å². The Balaban J connectivity index is 1.63. The monoisotopic (exact) mass is 387 g/mol. The number of benzene rings is 1. The van der Waals surface area contributed by atoms with E-state index in [4.69, 9.17) is 11.6 Å². The Labute approximate surface area is 164 Å². The zero-order chi connectivity index (χ0) is 19.4. The third-order valence-electron chi connectivity index (χ3n) is 5.61. The van der Waals surface area contributed by atoms with Gasteiger partial charge in [0.05, 0.1) is 12.2 Å². The topological polar surface area (TPSA) is 64.0 Å². The molecule has 5 nitrogen and oxygen atoms in total. The van der Waals surface area contributed by atoms with E-state index in [0.29, 0.717) is 22.6 Å². The molecule has 0 saturated heterocycles. The van der Waals surface area contributed by atoms with Gasteiger partial charge in [-0.15, -0.1) is 0 Å². The Hall–Kier alpha value is -2.14. The van der Waals surface area contributed by atoms with Crippen molar-refractivity contribution in [1.29, 1.82) is 0 Å². The molecule has 0 bridgehead atoms. The maximum Gasteiger partial charge on any atom is 0.266 e. The number of halogens is 1. The largest absolute Gasteiger partial charge is 0.353 e. The number of carbonyl (C=O) groups excluding carboxylic acids is 1. The zero-order valence-corrected chi connectivity index (χ0v) is 16.6. The van der Waals surface area contributed by atoms with E-state index in [1.807, 2.05) is 12.1 Å². The smallest absolute Gasteiger partial charge is 0.266 e. The minimum Gasteiger partial charge on any atom is -0.353 e. The number of hydrogen-bond acceptors (Lipinski definition) is 3. The van der Waals surface area contributed by atoms with Gasteiger partial charge < -0.3 is 5.32 Å². The number of aryl methyl sites for hydroxylation is 1. The molecule has 27 heavy (non-hydrogen) atoms. The lowest BCUT2D eigenvalue weighted by Crippen LogP contribution is -2.44. The van der Waals surface area contributed by atoms with E-state index >= 15 is 0 Å². The molecule has 1 aromatic carbocycles. The van der Waals surface area contributed by atoms with Crippen molar-refractivity contribution in [3.63, 3.8) is 0 Å². The van der Waals surface area contributed by atoms with Crippen LogP contribution in [0.2, 0.25) is 5.02 Å². The van der Waals surface area contributed by atoms with Crippen molar-refractivity contribution in [3.8, 4) is 11.3 Å². The molecular formula is C21H26ClN3O2. The fourth-order valence-electron chi connectivity index (χ4n) is 3.66. The number of hydrogen-bond donors (Lipinski definition) is 1. The molecule has 1 amide bonds. The highest BCUT2D eigenvalue weighted by molar-refractivity contribution is 6.30. The van der Waals surface area contributed by atoms with Crippen molar-refractivity contribution in [3.05, 3.63) is 51.8 Å². The lowest BCUT2D eigenvalue weighted by atomic mass is 9.78. The molecule has 144 valence electrons. The summed E-state index contributed by atoms with van der Waals surface area (Å²) in [6, 6.07) is 10.7. The van der Waals surface area contributed by atoms with Gasteiger partial charge in [-0.1, -0.05) is 50.4 Å². The summed E-state index contributed by atoms with van der Waals surface area (Å²) >= 11 is 5.92. The highest BCUT2D eigenvalue weighted by Crippen LogP contribution is 2.29. The van der Waals surface area contributed by atoms with Crippen LogP contribution in [0.3, 0.4) is 0 Å². The van der Waals surface area contributed by atoms with Crippen molar-refractivity contribution in [2.24, 2.45) is 11.8 Å². The average molecular weight is 388 g/mol. The first-order chi connectivity index (χ1) is 12.9. The highest BCUT2D eigenvalue weighted by Gasteiger charge is 2.27. The summed E-state index contributed by atoms with van der Waals surface area (Å²) in [5, 5.41) is 8.19. The van der Waals surface area contributed by atoms with Crippen molar-refractivity contribution < 1.29 is 4.79 Å². The number of carbonyl (C=O) groups is 1. The molecule has 0 unspecified atom stereocenters. The van der Waals surface area contributed by atoms with Gasteiger partial charge in [-0.2, -0.15) is 5.10 Å². The van der Waals surface area contributed by atoms with E-state index < -0.39 is 0 Å². The van der Waals surface area contributed by atoms with Crippen LogP contribution in [-0.4, -0.2) is 21.7 Å². The molecule has 2 aromatic rings. The van der Waals surface area contributed by atoms with Crippen LogP contribution in [0.4, 0.5) is 0 Å². The molecule has 1 aliphatic rings. The molecule has 1 heterocycles. The summed E-state index contributed by atoms with van der Waals surface area (Å²) in [6.07, 6.45) is 3.65. The molecule has 0 spiro atoms. The van der Waals surface area contributed by atoms with Crippen molar-refractivity contribution in [2.75, 3.05) is 0 Å². The minimum atomic E-state index is -0.208. The minimum absolute atomic E-state index is 0.0217. The Bertz CT molecular complexity index is 847. The second-order valence-electron chi connectivity index (χ2n) is 7.48. The molecule has 0 radical (unpaired) electrons. The first-order valence-electron chi connectivity index (χ1n) is 9.57. The van der Waals surface area contributed by atoms with Gasteiger partial charge in [0.2, 0.25) is 5.91 Å². The quantitative estimate of drug-likeness (QED) is 0.846. The van der Waals surface area contributed by atoms with Gasteiger partial charge in [0.1, 0.15) is 0 Å². The molecular weight excluding hydrogens is 362 g/mol. The number of rotatable bonds is 5. The Morgan fingerprint density at radius 3 is 2.67 bits per heavy atom. The van der Waals surface area contributed by atoms with E-state index in [1.54, 1.807) is 18.2 Å². The fraction of sp³-hybridized carbons (Fsp3) is 0.476. The van der Waals surface area contributed by atoms with Gasteiger partial charge in [0.15, 0.2) is 0 Å². The van der Waals surface area contributed by atoms with E-state index in [9.17, 15) is 9.59 Å². The van der Waals surface area contributed by atoms with E-state index in [-0.39, 0.29) is 30.5 Å². The molecule has 1 aromatic heterocycles. The Morgan fingerprint density at radius 1 is 1.19 bits per heavy atom. The number of nitrogens with one attached hydrogen (secondary N) is 1. The van der Waals surface area contributed by atoms with E-state index in [2.05, 4.69) is 24.3 Å². The Morgan fingerprint density at radius 2 is 1.93 bits per heavy atom. The van der Waals surface area contributed by atoms with Gasteiger partial charge in [-0.25, -0.2) is 4.68 Å². The molecule has 1 aliphatic carbocycles. The maximum atomic E-state index is 12.4. The fourth-order valence-corrected chi connectivity index (χ4v) is 3.78. The van der Waals surface area contributed by atoms with Gasteiger partial charge >= 0.3 is 0 Å². The Kier molecular flexibility index (Phi) is 6.32. The molecule has 3 rings (SSSR count). The number of amides is 1. The average Bonchev–Trinajstić information content (AvgIpc) is 2.65. The van der Waals surface area contributed by atoms with Gasteiger partial charge in [-0.3, -0.25) is 9.59 Å². The second kappa shape index (κ2) is 8.70. The summed E-state index contributed by atoms with van der Waals surface area (Å²) in [6.45, 7) is 4.72. The van der Waals surface area contributed by atoms with Crippen LogP contribution >= 0.6 is 11.6 Å². The van der Waals surface area contributed by atoms with Gasteiger partial charge in [0, 0.05) is 29.1 Å². The molecule has 0 aliphatic heterocycles. The van der Waals surface area contributed by atoms with Crippen LogP contribution in [-0.2, 0) is 11.3 Å². The lowest BCUT2D eigenvalue weighted by Gasteiger charge is -2.34. The van der Waals surface area contributed by atoms with Crippen molar-refractivity contribution >= 4 is 17.5 Å². The van der Waals surface area contributed by atoms with Crippen LogP contribution < -0.4 is 10.9 Å². The summed E-state index contributed by atoms with van der Waals surface area (Å²) in [4.78, 5) is 24.5. The van der Waals surface area contributed by atoms with Crippen molar-refractivity contribution in [2.45, 2.75) is 52.1 Å². The molecule has 1 fully saturated rings. The number of nitrogens with zero attached hydrogens (tertiary/aromatic N) is 2. The van der Waals surface area contributed by atoms with Crippen LogP contribution in [0.25, 0.3) is 11.3 Å². The summed E-state index contributed by atoms with van der Waals surface area (Å²) < 4.78 is 1.36. The third-order valence-corrected chi connectivity index (χ3v) is 5.86. The zero-order valence-electron chi connectivity index (χ0n) is 15.8. The summed E-state index contributed by atoms with van der Waals surface area (Å²) in [7, 11) is 0. The van der Waals surface area contributed by atoms with Crippen LogP contribution in [0.5, 0.6) is 0 Å². The highest BCUT2D eigenvalue weighted by atomic mass is 35.5. The standard InChI is InChI=1S/C21H26ClN3O2/c1-14-4-3-5-18(15(14)2)23-20(26)12-13-25-21(27)11-10-19(24-25)16-6-8-17(22)9-7-16/h6-11,14-15,18H,3-5,12-13H2,1-2H3,(H,23,26)/t14-,15+,18+/m1/s1. The lowest BCUT2D eigenvalue weighted by molar-refractivity contribution is -0.122. The van der Waals surface area contributed by atoms with Crippen molar-refractivity contribution in [1.82, 2.24) is 15.1 Å². The van der Waals surface area contributed by atoms with Gasteiger partial charge in [-0.05, 0) is 36.5 Å². The third kappa shape index (κ3) is 4.98. The SMILES string of the molecule is C[C@H]1[C@H](C)CCC[C@@H]1NC(=O)CCn1nc(-c2ccc(Cl)cc2)ccc1=O. The van der Waals surface area contributed by atoms with E-state index in [0.717, 1.165) is 18.4 Å². The normalized spacial score (nSPS) is 22.4. The molecule has 1 N–H and O–H groups in total. The van der Waals surface area contributed by atoms with Crippen LogP contribution in [0, 0.1) is 11.8 Å². The predicted octanol–water partition coefficient (Wildman–Crippen LogP) is 3.89. The van der Waals surface area contributed by atoms with Crippen LogP contribution in [0.1, 0.15) is 39.5 Å². The summed E-state index contributed by atoms with van der Waals surface area (Å²) in [5.41, 5.74) is 1.35. The maximum absolute atomic E-state index is 12.4. The van der Waals surface area contributed by atoms with Gasteiger partial charge in [0.25, 0.3) is 5.56 Å². The molecule has 6 heteroatoms. The first kappa shape index (κ1) is 19.6. The second-order valence-corrected chi connectivity index (χ2v) is 7.91. The first-order valence-corrected chi connectivity index (χ1v) is 9.95. The summed E-state index contributed by atoms with van der Waals surface area (Å²) in [5.74, 6) is 1.09.